The SMILES string of the molecule is Cc1nn(-c2ccccc2)c(C)c1CNC(=O)CN1C(=O)NC2(CCC(C)CC2)C1=O. The van der Waals surface area contributed by atoms with Gasteiger partial charge in [0, 0.05) is 17.8 Å². The van der Waals surface area contributed by atoms with Gasteiger partial charge in [-0.1, -0.05) is 25.1 Å². The summed E-state index contributed by atoms with van der Waals surface area (Å²) in [6, 6.07) is 9.32. The van der Waals surface area contributed by atoms with Crippen molar-refractivity contribution < 1.29 is 14.4 Å². The first kappa shape index (κ1) is 21.1. The van der Waals surface area contributed by atoms with Gasteiger partial charge in [-0.3, -0.25) is 14.5 Å². The van der Waals surface area contributed by atoms with Crippen molar-refractivity contribution >= 4 is 17.8 Å². The summed E-state index contributed by atoms with van der Waals surface area (Å²) in [6.07, 6.45) is 3.06. The van der Waals surface area contributed by atoms with E-state index in [1.54, 1.807) is 0 Å². The van der Waals surface area contributed by atoms with Gasteiger partial charge in [-0.05, 0) is 57.6 Å². The molecule has 1 spiro atoms. The second-order valence-electron chi connectivity index (χ2n) is 8.76. The van der Waals surface area contributed by atoms with Crippen LogP contribution in [-0.2, 0) is 16.1 Å². The first-order valence-corrected chi connectivity index (χ1v) is 10.8. The second-order valence-corrected chi connectivity index (χ2v) is 8.76. The number of carbonyl (C=O) groups excluding carboxylic acids is 3. The van der Waals surface area contributed by atoms with Crippen LogP contribution < -0.4 is 10.6 Å². The van der Waals surface area contributed by atoms with Gasteiger partial charge in [0.05, 0.1) is 11.4 Å². The van der Waals surface area contributed by atoms with Crippen LogP contribution in [0.1, 0.15) is 49.6 Å². The number of benzene rings is 1. The average molecular weight is 424 g/mol. The molecular formula is C23H29N5O3. The number of aromatic nitrogens is 2. The smallest absolute Gasteiger partial charge is 0.325 e. The average Bonchev–Trinajstić information content (AvgIpc) is 3.17. The van der Waals surface area contributed by atoms with Gasteiger partial charge in [0.25, 0.3) is 5.91 Å². The Labute approximate surface area is 182 Å². The lowest BCUT2D eigenvalue weighted by Crippen LogP contribution is -2.49. The quantitative estimate of drug-likeness (QED) is 0.723. The van der Waals surface area contributed by atoms with E-state index in [-0.39, 0.29) is 24.9 Å². The Balaban J connectivity index is 1.40. The number of hydrogen-bond acceptors (Lipinski definition) is 4. The molecule has 0 bridgehead atoms. The minimum Gasteiger partial charge on any atom is -0.350 e. The van der Waals surface area contributed by atoms with E-state index >= 15 is 0 Å². The molecule has 164 valence electrons. The predicted octanol–water partition coefficient (Wildman–Crippen LogP) is 2.61. The fraction of sp³-hybridized carbons (Fsp3) is 0.478. The fourth-order valence-corrected chi connectivity index (χ4v) is 4.55. The number of nitrogens with zero attached hydrogens (tertiary/aromatic N) is 3. The zero-order valence-electron chi connectivity index (χ0n) is 18.3. The van der Waals surface area contributed by atoms with E-state index < -0.39 is 11.6 Å². The van der Waals surface area contributed by atoms with Crippen LogP contribution in [0, 0.1) is 19.8 Å². The third-order valence-corrected chi connectivity index (χ3v) is 6.58. The lowest BCUT2D eigenvalue weighted by Gasteiger charge is -2.33. The van der Waals surface area contributed by atoms with Crippen LogP contribution in [0.25, 0.3) is 5.69 Å². The Morgan fingerprint density at radius 3 is 2.55 bits per heavy atom. The monoisotopic (exact) mass is 423 g/mol. The molecule has 2 N–H and O–H groups in total. The van der Waals surface area contributed by atoms with Gasteiger partial charge in [-0.2, -0.15) is 5.10 Å². The molecule has 2 aromatic rings. The van der Waals surface area contributed by atoms with Crippen molar-refractivity contribution in [1.29, 1.82) is 0 Å². The lowest BCUT2D eigenvalue weighted by molar-refractivity contribution is -0.136. The predicted molar refractivity (Wildman–Crippen MR) is 115 cm³/mol. The Morgan fingerprint density at radius 1 is 1.19 bits per heavy atom. The number of imide groups is 1. The molecular weight excluding hydrogens is 394 g/mol. The summed E-state index contributed by atoms with van der Waals surface area (Å²) < 4.78 is 1.85. The van der Waals surface area contributed by atoms with E-state index in [1.165, 1.54) is 0 Å². The van der Waals surface area contributed by atoms with Gasteiger partial charge in [-0.25, -0.2) is 9.48 Å². The van der Waals surface area contributed by atoms with Gasteiger partial charge in [-0.15, -0.1) is 0 Å². The Morgan fingerprint density at radius 2 is 1.87 bits per heavy atom. The summed E-state index contributed by atoms with van der Waals surface area (Å²) in [4.78, 5) is 39.0. The van der Waals surface area contributed by atoms with Gasteiger partial charge in [0.15, 0.2) is 0 Å². The zero-order valence-corrected chi connectivity index (χ0v) is 18.3. The number of rotatable bonds is 5. The van der Waals surface area contributed by atoms with Gasteiger partial charge in [0.2, 0.25) is 5.91 Å². The summed E-state index contributed by atoms with van der Waals surface area (Å²) in [7, 11) is 0. The first-order valence-electron chi connectivity index (χ1n) is 10.8. The van der Waals surface area contributed by atoms with Crippen LogP contribution in [0.4, 0.5) is 4.79 Å². The standard InChI is InChI=1S/C23H29N5O3/c1-15-9-11-23(12-10-15)21(30)27(22(31)25-23)14-20(29)24-13-19-16(2)26-28(17(19)3)18-7-5-4-6-8-18/h4-8,15H,9-14H2,1-3H3,(H,24,29)(H,25,31). The molecule has 1 aromatic heterocycles. The van der Waals surface area contributed by atoms with Crippen molar-refractivity contribution in [3.05, 3.63) is 47.3 Å². The Hall–Kier alpha value is -3.16. The van der Waals surface area contributed by atoms with Crippen molar-refractivity contribution in [2.45, 2.75) is 58.5 Å². The number of urea groups is 1. The molecule has 2 heterocycles. The maximum absolute atomic E-state index is 12.9. The highest BCUT2D eigenvalue weighted by Crippen LogP contribution is 2.36. The van der Waals surface area contributed by atoms with Crippen LogP contribution in [0.5, 0.6) is 0 Å². The molecule has 0 unspecified atom stereocenters. The molecule has 0 atom stereocenters. The normalized spacial score (nSPS) is 23.3. The van der Waals surface area contributed by atoms with Crippen LogP contribution >= 0.6 is 0 Å². The molecule has 31 heavy (non-hydrogen) atoms. The highest BCUT2D eigenvalue weighted by Gasteiger charge is 2.52. The molecule has 1 aromatic carbocycles. The minimum absolute atomic E-state index is 0.271. The largest absolute Gasteiger partial charge is 0.350 e. The number of carbonyl (C=O) groups is 3. The molecule has 1 saturated heterocycles. The zero-order chi connectivity index (χ0) is 22.2. The second kappa shape index (κ2) is 8.17. The lowest BCUT2D eigenvalue weighted by atomic mass is 9.77. The summed E-state index contributed by atoms with van der Waals surface area (Å²) >= 11 is 0. The van der Waals surface area contributed by atoms with Crippen molar-refractivity contribution in [2.75, 3.05) is 6.54 Å². The summed E-state index contributed by atoms with van der Waals surface area (Å²) in [5.41, 5.74) is 2.81. The van der Waals surface area contributed by atoms with Crippen molar-refractivity contribution in [2.24, 2.45) is 5.92 Å². The van der Waals surface area contributed by atoms with Crippen LogP contribution in [-0.4, -0.2) is 44.6 Å². The van der Waals surface area contributed by atoms with E-state index in [4.69, 9.17) is 0 Å². The van der Waals surface area contributed by atoms with Gasteiger partial charge in [0.1, 0.15) is 12.1 Å². The number of nitrogens with one attached hydrogen (secondary N) is 2. The maximum Gasteiger partial charge on any atom is 0.325 e. The molecule has 8 nitrogen and oxygen atoms in total. The minimum atomic E-state index is -0.826. The topological polar surface area (TPSA) is 96.3 Å². The Bertz CT molecular complexity index is 1010. The number of para-hydroxylation sites is 1. The molecule has 4 amide bonds. The summed E-state index contributed by atoms with van der Waals surface area (Å²) in [5.74, 6) is -0.0873. The van der Waals surface area contributed by atoms with Crippen molar-refractivity contribution in [3.8, 4) is 5.69 Å². The highest BCUT2D eigenvalue weighted by atomic mass is 16.2. The summed E-state index contributed by atoms with van der Waals surface area (Å²) in [6.45, 7) is 6.03. The van der Waals surface area contributed by atoms with Crippen LogP contribution in [0.3, 0.4) is 0 Å². The highest BCUT2D eigenvalue weighted by molar-refractivity contribution is 6.09. The van der Waals surface area contributed by atoms with E-state index in [9.17, 15) is 14.4 Å². The number of amides is 4. The molecule has 2 aliphatic rings. The van der Waals surface area contributed by atoms with E-state index in [0.29, 0.717) is 18.8 Å². The number of aryl methyl sites for hydroxylation is 1. The summed E-state index contributed by atoms with van der Waals surface area (Å²) in [5, 5.41) is 10.3. The fourth-order valence-electron chi connectivity index (χ4n) is 4.55. The third kappa shape index (κ3) is 3.94. The Kier molecular flexibility index (Phi) is 5.56. The molecule has 2 fully saturated rings. The van der Waals surface area contributed by atoms with Crippen LogP contribution in [0.15, 0.2) is 30.3 Å². The van der Waals surface area contributed by atoms with Crippen LogP contribution in [0.2, 0.25) is 0 Å². The molecule has 1 saturated carbocycles. The molecule has 4 rings (SSSR count). The van der Waals surface area contributed by atoms with E-state index in [2.05, 4.69) is 22.7 Å². The molecule has 0 radical (unpaired) electrons. The van der Waals surface area contributed by atoms with E-state index in [0.717, 1.165) is 40.4 Å². The molecule has 1 aliphatic heterocycles. The number of hydrogen-bond donors (Lipinski definition) is 2. The van der Waals surface area contributed by atoms with E-state index in [1.807, 2.05) is 48.9 Å². The van der Waals surface area contributed by atoms with Gasteiger partial charge >= 0.3 is 6.03 Å². The van der Waals surface area contributed by atoms with Gasteiger partial charge < -0.3 is 10.6 Å². The maximum atomic E-state index is 12.9. The third-order valence-electron chi connectivity index (χ3n) is 6.58. The first-order chi connectivity index (χ1) is 14.8. The van der Waals surface area contributed by atoms with Crippen molar-refractivity contribution in [3.63, 3.8) is 0 Å². The molecule has 1 aliphatic carbocycles. The van der Waals surface area contributed by atoms with Crippen molar-refractivity contribution in [1.82, 2.24) is 25.3 Å². The molecule has 8 heteroatoms.